The summed E-state index contributed by atoms with van der Waals surface area (Å²) in [6.07, 6.45) is 4.85. The molecule has 1 aromatic heterocycles. The van der Waals surface area contributed by atoms with Gasteiger partial charge in [-0.25, -0.2) is 0 Å². The SMILES string of the molecule is CCN1CCN(C(=O)c2ccnc(C(=O)N3CCCCC3)c2)CC1. The molecular formula is C18H26N4O2. The Morgan fingerprint density at radius 3 is 2.29 bits per heavy atom. The van der Waals surface area contributed by atoms with Crippen molar-refractivity contribution in [1.82, 2.24) is 19.7 Å². The van der Waals surface area contributed by atoms with Crippen molar-refractivity contribution in [1.29, 1.82) is 0 Å². The van der Waals surface area contributed by atoms with Crippen LogP contribution in [-0.2, 0) is 0 Å². The lowest BCUT2D eigenvalue weighted by molar-refractivity contribution is 0.0643. The van der Waals surface area contributed by atoms with E-state index in [0.29, 0.717) is 11.3 Å². The van der Waals surface area contributed by atoms with Gasteiger partial charge in [0.1, 0.15) is 5.69 Å². The quantitative estimate of drug-likeness (QED) is 0.842. The lowest BCUT2D eigenvalue weighted by Gasteiger charge is -2.34. The first-order valence-electron chi connectivity index (χ1n) is 8.96. The summed E-state index contributed by atoms with van der Waals surface area (Å²) in [4.78, 5) is 35.5. The van der Waals surface area contributed by atoms with Crippen molar-refractivity contribution in [3.8, 4) is 0 Å². The van der Waals surface area contributed by atoms with Crippen LogP contribution < -0.4 is 0 Å². The standard InChI is InChI=1S/C18H26N4O2/c1-2-20-10-12-22(13-11-20)17(23)15-6-7-19-16(14-15)18(24)21-8-4-3-5-9-21/h6-7,14H,2-5,8-13H2,1H3. The van der Waals surface area contributed by atoms with E-state index in [4.69, 9.17) is 0 Å². The highest BCUT2D eigenvalue weighted by Gasteiger charge is 2.24. The van der Waals surface area contributed by atoms with Crippen molar-refractivity contribution in [2.45, 2.75) is 26.2 Å². The maximum absolute atomic E-state index is 12.7. The normalized spacial score (nSPS) is 19.4. The monoisotopic (exact) mass is 330 g/mol. The molecule has 0 spiro atoms. The summed E-state index contributed by atoms with van der Waals surface area (Å²) in [6.45, 7) is 8.04. The summed E-state index contributed by atoms with van der Waals surface area (Å²) >= 11 is 0. The molecule has 24 heavy (non-hydrogen) atoms. The third-order valence-electron chi connectivity index (χ3n) is 4.98. The molecule has 130 valence electrons. The molecule has 2 fully saturated rings. The van der Waals surface area contributed by atoms with Crippen LogP contribution in [0.1, 0.15) is 47.0 Å². The highest BCUT2D eigenvalue weighted by Crippen LogP contribution is 2.14. The molecule has 2 aliphatic heterocycles. The van der Waals surface area contributed by atoms with Crippen molar-refractivity contribution in [2.75, 3.05) is 45.8 Å². The molecule has 3 rings (SSSR count). The smallest absolute Gasteiger partial charge is 0.272 e. The topological polar surface area (TPSA) is 56.8 Å². The van der Waals surface area contributed by atoms with Crippen LogP contribution in [-0.4, -0.2) is 77.3 Å². The number of nitrogens with zero attached hydrogens (tertiary/aromatic N) is 4. The third-order valence-corrected chi connectivity index (χ3v) is 4.98. The van der Waals surface area contributed by atoms with Gasteiger partial charge in [0.15, 0.2) is 0 Å². The fourth-order valence-corrected chi connectivity index (χ4v) is 3.39. The summed E-state index contributed by atoms with van der Waals surface area (Å²) in [6, 6.07) is 3.37. The van der Waals surface area contributed by atoms with Crippen molar-refractivity contribution < 1.29 is 9.59 Å². The minimum Gasteiger partial charge on any atom is -0.337 e. The minimum absolute atomic E-state index is 0.000784. The Balaban J connectivity index is 1.68. The van der Waals surface area contributed by atoms with Crippen molar-refractivity contribution in [3.05, 3.63) is 29.6 Å². The van der Waals surface area contributed by atoms with E-state index < -0.39 is 0 Å². The van der Waals surface area contributed by atoms with E-state index >= 15 is 0 Å². The Bertz CT molecular complexity index is 590. The third kappa shape index (κ3) is 3.75. The van der Waals surface area contributed by atoms with Gasteiger partial charge in [-0.2, -0.15) is 0 Å². The molecule has 0 saturated carbocycles. The van der Waals surface area contributed by atoms with E-state index in [1.165, 1.54) is 6.42 Å². The highest BCUT2D eigenvalue weighted by atomic mass is 16.2. The lowest BCUT2D eigenvalue weighted by Crippen LogP contribution is -2.48. The lowest BCUT2D eigenvalue weighted by atomic mass is 10.1. The maximum atomic E-state index is 12.7. The Hall–Kier alpha value is -1.95. The summed E-state index contributed by atoms with van der Waals surface area (Å²) in [5.41, 5.74) is 0.949. The van der Waals surface area contributed by atoms with Crippen molar-refractivity contribution in [2.24, 2.45) is 0 Å². The molecule has 0 aliphatic carbocycles. The fraction of sp³-hybridized carbons (Fsp3) is 0.611. The van der Waals surface area contributed by atoms with Gasteiger partial charge < -0.3 is 14.7 Å². The number of aromatic nitrogens is 1. The van der Waals surface area contributed by atoms with Crippen LogP contribution in [0.2, 0.25) is 0 Å². The molecular weight excluding hydrogens is 304 g/mol. The van der Waals surface area contributed by atoms with Crippen molar-refractivity contribution >= 4 is 11.8 Å². The second kappa shape index (κ2) is 7.75. The van der Waals surface area contributed by atoms with Gasteiger partial charge in [0.05, 0.1) is 0 Å². The Kier molecular flexibility index (Phi) is 5.45. The molecule has 6 heteroatoms. The number of carbonyl (C=O) groups is 2. The van der Waals surface area contributed by atoms with Gasteiger partial charge in [-0.15, -0.1) is 0 Å². The van der Waals surface area contributed by atoms with Crippen LogP contribution in [0.15, 0.2) is 18.3 Å². The van der Waals surface area contributed by atoms with Crippen LogP contribution >= 0.6 is 0 Å². The zero-order chi connectivity index (χ0) is 16.9. The average Bonchev–Trinajstić information content (AvgIpc) is 2.67. The van der Waals surface area contributed by atoms with Gasteiger partial charge in [0.25, 0.3) is 11.8 Å². The Morgan fingerprint density at radius 1 is 0.958 bits per heavy atom. The average molecular weight is 330 g/mol. The maximum Gasteiger partial charge on any atom is 0.272 e. The van der Waals surface area contributed by atoms with Gasteiger partial charge >= 0.3 is 0 Å². The number of hydrogen-bond donors (Lipinski definition) is 0. The largest absolute Gasteiger partial charge is 0.337 e. The fourth-order valence-electron chi connectivity index (χ4n) is 3.39. The van der Waals surface area contributed by atoms with Gasteiger partial charge in [0, 0.05) is 51.0 Å². The summed E-state index contributed by atoms with van der Waals surface area (Å²) < 4.78 is 0. The molecule has 2 saturated heterocycles. The Labute approximate surface area is 143 Å². The summed E-state index contributed by atoms with van der Waals surface area (Å²) in [7, 11) is 0. The molecule has 0 aromatic carbocycles. The van der Waals surface area contributed by atoms with Gasteiger partial charge in [-0.1, -0.05) is 6.92 Å². The molecule has 2 aliphatic rings. The number of likely N-dealkylation sites (N-methyl/N-ethyl adjacent to an activating group) is 1. The molecule has 1 aromatic rings. The number of piperidine rings is 1. The van der Waals surface area contributed by atoms with E-state index in [1.807, 2.05) is 9.80 Å². The van der Waals surface area contributed by atoms with Crippen LogP contribution in [0.25, 0.3) is 0 Å². The summed E-state index contributed by atoms with van der Waals surface area (Å²) in [5, 5.41) is 0. The number of piperazine rings is 1. The van der Waals surface area contributed by atoms with E-state index in [1.54, 1.807) is 18.3 Å². The predicted molar refractivity (Wildman–Crippen MR) is 92.0 cm³/mol. The number of amides is 2. The molecule has 0 N–H and O–H groups in total. The first-order chi connectivity index (χ1) is 11.7. The van der Waals surface area contributed by atoms with Crippen molar-refractivity contribution in [3.63, 3.8) is 0 Å². The van der Waals surface area contributed by atoms with E-state index in [-0.39, 0.29) is 11.8 Å². The first kappa shape index (κ1) is 16.9. The number of carbonyl (C=O) groups excluding carboxylic acids is 2. The van der Waals surface area contributed by atoms with Gasteiger partial charge in [-0.3, -0.25) is 14.6 Å². The molecule has 0 atom stereocenters. The van der Waals surface area contributed by atoms with Crippen LogP contribution in [0.3, 0.4) is 0 Å². The summed E-state index contributed by atoms with van der Waals surface area (Å²) in [5.74, 6) is -0.0546. The molecule has 0 bridgehead atoms. The second-order valence-electron chi connectivity index (χ2n) is 6.51. The minimum atomic E-state index is -0.0554. The van der Waals surface area contributed by atoms with E-state index in [0.717, 1.165) is 58.7 Å². The molecule has 0 radical (unpaired) electrons. The van der Waals surface area contributed by atoms with Crippen LogP contribution in [0.5, 0.6) is 0 Å². The zero-order valence-corrected chi connectivity index (χ0v) is 14.4. The second-order valence-corrected chi connectivity index (χ2v) is 6.51. The number of rotatable bonds is 3. The van der Waals surface area contributed by atoms with E-state index in [2.05, 4.69) is 16.8 Å². The molecule has 3 heterocycles. The predicted octanol–water partition coefficient (Wildman–Crippen LogP) is 1.49. The number of hydrogen-bond acceptors (Lipinski definition) is 4. The number of likely N-dealkylation sites (tertiary alicyclic amines) is 1. The van der Waals surface area contributed by atoms with Gasteiger partial charge in [-0.05, 0) is 37.9 Å². The van der Waals surface area contributed by atoms with Crippen LogP contribution in [0, 0.1) is 0 Å². The van der Waals surface area contributed by atoms with Crippen LogP contribution in [0.4, 0.5) is 0 Å². The first-order valence-corrected chi connectivity index (χ1v) is 8.96. The molecule has 6 nitrogen and oxygen atoms in total. The zero-order valence-electron chi connectivity index (χ0n) is 14.4. The Morgan fingerprint density at radius 2 is 1.62 bits per heavy atom. The van der Waals surface area contributed by atoms with Gasteiger partial charge in [0.2, 0.25) is 0 Å². The number of pyridine rings is 1. The van der Waals surface area contributed by atoms with E-state index in [9.17, 15) is 9.59 Å². The molecule has 2 amide bonds. The highest BCUT2D eigenvalue weighted by molar-refractivity contribution is 5.98. The molecule has 0 unspecified atom stereocenters.